The fourth-order valence-corrected chi connectivity index (χ4v) is 5.01. The number of hydrogen-bond donors (Lipinski definition) is 2. The number of anilines is 1. The first-order valence-electron chi connectivity index (χ1n) is 12.6. The minimum Gasteiger partial charge on any atom is -0.493 e. The summed E-state index contributed by atoms with van der Waals surface area (Å²) in [5, 5.41) is 12.4. The van der Waals surface area contributed by atoms with E-state index in [1.54, 1.807) is 31.5 Å². The number of aromatic nitrogens is 3. The van der Waals surface area contributed by atoms with E-state index in [1.165, 1.54) is 0 Å². The van der Waals surface area contributed by atoms with Crippen LogP contribution in [-0.2, 0) is 6.42 Å². The Kier molecular flexibility index (Phi) is 7.57. The van der Waals surface area contributed by atoms with Gasteiger partial charge < -0.3 is 25.2 Å². The molecule has 4 aromatic rings. The average molecular weight is 518 g/mol. The summed E-state index contributed by atoms with van der Waals surface area (Å²) < 4.78 is 10.9. The highest BCUT2D eigenvalue weighted by atomic mass is 16.5. The third kappa shape index (κ3) is 5.27. The maximum atomic E-state index is 12.0. The standard InChI is InChI=1S/C29H35N5O4/c1-7-19(34(28(35)36)29(2,3)4)9-8-17-10-18(15-31-14-17)23-11-20-21-12-25(37-5)26(38-6)13-24(21)32-16-22(20)27(30)33-23/h10-16,19H,7-9H2,1-6H3,(H2,30,33)(H,35,36)/t19-/m1/s1. The Morgan fingerprint density at radius 1 is 1.03 bits per heavy atom. The SMILES string of the molecule is CC[C@H](CCc1cncc(-c2cc3c(cnc4cc(OC)c(OC)cc43)c(N)n2)c1)N(C(=O)O)C(C)(C)C. The van der Waals surface area contributed by atoms with Crippen molar-refractivity contribution in [3.8, 4) is 22.8 Å². The number of carboxylic acid groups (broad SMARTS) is 1. The second-order valence-corrected chi connectivity index (χ2v) is 10.3. The van der Waals surface area contributed by atoms with Gasteiger partial charge in [0.05, 0.1) is 25.4 Å². The highest BCUT2D eigenvalue weighted by molar-refractivity contribution is 6.10. The Hall–Kier alpha value is -4.14. The van der Waals surface area contributed by atoms with E-state index in [1.807, 2.05) is 58.2 Å². The third-order valence-electron chi connectivity index (χ3n) is 6.83. The van der Waals surface area contributed by atoms with Crippen LogP contribution in [0.1, 0.15) is 46.1 Å². The Labute approximate surface area is 222 Å². The van der Waals surface area contributed by atoms with Crippen LogP contribution in [0, 0.1) is 0 Å². The molecule has 9 nitrogen and oxygen atoms in total. The fourth-order valence-electron chi connectivity index (χ4n) is 5.01. The summed E-state index contributed by atoms with van der Waals surface area (Å²) in [6.07, 6.45) is 6.51. The van der Waals surface area contributed by atoms with Crippen molar-refractivity contribution in [2.75, 3.05) is 20.0 Å². The zero-order valence-electron chi connectivity index (χ0n) is 22.8. The maximum Gasteiger partial charge on any atom is 0.407 e. The molecule has 0 radical (unpaired) electrons. The number of amides is 1. The van der Waals surface area contributed by atoms with Crippen molar-refractivity contribution in [1.29, 1.82) is 0 Å². The average Bonchev–Trinajstić information content (AvgIpc) is 2.88. The van der Waals surface area contributed by atoms with Gasteiger partial charge in [0.15, 0.2) is 11.5 Å². The number of hydrogen-bond acceptors (Lipinski definition) is 7. The first kappa shape index (κ1) is 26.9. The van der Waals surface area contributed by atoms with Crippen LogP contribution >= 0.6 is 0 Å². The zero-order chi connectivity index (χ0) is 27.6. The van der Waals surface area contributed by atoms with Gasteiger partial charge in [-0.25, -0.2) is 9.78 Å². The molecular formula is C29H35N5O4. The minimum atomic E-state index is -0.900. The Bertz CT molecular complexity index is 1480. The van der Waals surface area contributed by atoms with Crippen LogP contribution in [0.15, 0.2) is 42.9 Å². The first-order valence-corrected chi connectivity index (χ1v) is 12.6. The molecule has 4 rings (SSSR count). The van der Waals surface area contributed by atoms with Gasteiger partial charge in [0.2, 0.25) is 0 Å². The predicted molar refractivity (Wildman–Crippen MR) is 150 cm³/mol. The number of nitrogen functional groups attached to an aromatic ring is 1. The first-order chi connectivity index (χ1) is 18.1. The van der Waals surface area contributed by atoms with E-state index in [9.17, 15) is 9.90 Å². The molecular weight excluding hydrogens is 482 g/mol. The molecule has 9 heteroatoms. The minimum absolute atomic E-state index is 0.101. The van der Waals surface area contributed by atoms with Gasteiger partial charge in [0, 0.05) is 52.6 Å². The van der Waals surface area contributed by atoms with Gasteiger partial charge in [-0.2, -0.15) is 0 Å². The van der Waals surface area contributed by atoms with Crippen molar-refractivity contribution >= 4 is 33.6 Å². The van der Waals surface area contributed by atoms with Gasteiger partial charge in [0.25, 0.3) is 0 Å². The summed E-state index contributed by atoms with van der Waals surface area (Å²) in [5.74, 6) is 1.58. The highest BCUT2D eigenvalue weighted by Crippen LogP contribution is 2.37. The molecule has 0 fully saturated rings. The molecule has 0 aliphatic heterocycles. The molecule has 200 valence electrons. The number of methoxy groups -OCH3 is 2. The van der Waals surface area contributed by atoms with Crippen molar-refractivity contribution < 1.29 is 19.4 Å². The molecule has 3 aromatic heterocycles. The molecule has 38 heavy (non-hydrogen) atoms. The van der Waals surface area contributed by atoms with Crippen LogP contribution in [0.4, 0.5) is 10.6 Å². The molecule has 0 bridgehead atoms. The van der Waals surface area contributed by atoms with Crippen molar-refractivity contribution in [2.45, 2.75) is 58.5 Å². The fraction of sp³-hybridized carbons (Fsp3) is 0.379. The van der Waals surface area contributed by atoms with Gasteiger partial charge in [-0.05, 0) is 69.2 Å². The second-order valence-electron chi connectivity index (χ2n) is 10.3. The van der Waals surface area contributed by atoms with E-state index < -0.39 is 11.6 Å². The van der Waals surface area contributed by atoms with Crippen LogP contribution < -0.4 is 15.2 Å². The van der Waals surface area contributed by atoms with Gasteiger partial charge in [0.1, 0.15) is 5.82 Å². The normalized spacial score (nSPS) is 12.5. The van der Waals surface area contributed by atoms with E-state index in [0.717, 1.165) is 39.2 Å². The number of carbonyl (C=O) groups is 1. The molecule has 3 heterocycles. The van der Waals surface area contributed by atoms with Crippen LogP contribution in [0.3, 0.4) is 0 Å². The molecule has 3 N–H and O–H groups in total. The number of aryl methyl sites for hydroxylation is 1. The smallest absolute Gasteiger partial charge is 0.407 e. The largest absolute Gasteiger partial charge is 0.493 e. The molecule has 0 unspecified atom stereocenters. The summed E-state index contributed by atoms with van der Waals surface area (Å²) in [4.78, 5) is 27.2. The van der Waals surface area contributed by atoms with E-state index in [4.69, 9.17) is 15.2 Å². The summed E-state index contributed by atoms with van der Waals surface area (Å²) in [7, 11) is 3.19. The summed E-state index contributed by atoms with van der Waals surface area (Å²) >= 11 is 0. The zero-order valence-corrected chi connectivity index (χ0v) is 22.8. The molecule has 0 saturated carbocycles. The molecule has 1 atom stereocenters. The Morgan fingerprint density at radius 2 is 1.74 bits per heavy atom. The van der Waals surface area contributed by atoms with Crippen molar-refractivity contribution in [2.24, 2.45) is 0 Å². The lowest BCUT2D eigenvalue weighted by Crippen LogP contribution is -2.51. The number of nitrogens with two attached hydrogens (primary N) is 1. The monoisotopic (exact) mass is 517 g/mol. The number of pyridine rings is 3. The third-order valence-corrected chi connectivity index (χ3v) is 6.83. The van der Waals surface area contributed by atoms with Gasteiger partial charge in [-0.15, -0.1) is 0 Å². The molecule has 1 aromatic carbocycles. The summed E-state index contributed by atoms with van der Waals surface area (Å²) in [6.45, 7) is 7.79. The highest BCUT2D eigenvalue weighted by Gasteiger charge is 2.32. The van der Waals surface area contributed by atoms with Crippen LogP contribution in [-0.4, -0.2) is 56.9 Å². The molecule has 0 spiro atoms. The number of ether oxygens (including phenoxy) is 2. The lowest BCUT2D eigenvalue weighted by molar-refractivity contribution is 0.0657. The maximum absolute atomic E-state index is 12.0. The molecule has 0 aliphatic carbocycles. The summed E-state index contributed by atoms with van der Waals surface area (Å²) in [5.41, 5.74) is 9.19. The van der Waals surface area contributed by atoms with E-state index in [0.29, 0.717) is 35.9 Å². The predicted octanol–water partition coefficient (Wildman–Crippen LogP) is 5.93. The number of rotatable bonds is 8. The number of fused-ring (bicyclic) bond motifs is 3. The Balaban J connectivity index is 1.70. The lowest BCUT2D eigenvalue weighted by Gasteiger charge is -2.39. The lowest BCUT2D eigenvalue weighted by atomic mass is 9.97. The van der Waals surface area contributed by atoms with Crippen molar-refractivity contribution in [1.82, 2.24) is 19.9 Å². The summed E-state index contributed by atoms with van der Waals surface area (Å²) in [6, 6.07) is 7.67. The van der Waals surface area contributed by atoms with Crippen LogP contribution in [0.5, 0.6) is 11.5 Å². The van der Waals surface area contributed by atoms with E-state index >= 15 is 0 Å². The topological polar surface area (TPSA) is 124 Å². The number of benzene rings is 1. The second kappa shape index (κ2) is 10.7. The van der Waals surface area contributed by atoms with Crippen LogP contribution in [0.25, 0.3) is 32.9 Å². The van der Waals surface area contributed by atoms with Gasteiger partial charge in [-0.1, -0.05) is 6.92 Å². The Morgan fingerprint density at radius 3 is 2.37 bits per heavy atom. The van der Waals surface area contributed by atoms with Crippen molar-refractivity contribution in [3.05, 3.63) is 48.4 Å². The number of nitrogens with zero attached hydrogens (tertiary/aromatic N) is 4. The van der Waals surface area contributed by atoms with Gasteiger partial charge >= 0.3 is 6.09 Å². The van der Waals surface area contributed by atoms with Gasteiger partial charge in [-0.3, -0.25) is 9.97 Å². The van der Waals surface area contributed by atoms with Crippen LogP contribution in [0.2, 0.25) is 0 Å². The van der Waals surface area contributed by atoms with Crippen molar-refractivity contribution in [3.63, 3.8) is 0 Å². The molecule has 0 saturated heterocycles. The van der Waals surface area contributed by atoms with E-state index in [-0.39, 0.29) is 6.04 Å². The molecule has 1 amide bonds. The quantitative estimate of drug-likeness (QED) is 0.276. The van der Waals surface area contributed by atoms with E-state index in [2.05, 4.69) is 15.0 Å². The molecule has 0 aliphatic rings.